The molecule has 1 aliphatic heterocycles. The molecular formula is C18H22N4O3. The summed E-state index contributed by atoms with van der Waals surface area (Å²) >= 11 is 0. The van der Waals surface area contributed by atoms with Crippen LogP contribution < -0.4 is 4.90 Å². The zero-order chi connectivity index (χ0) is 17.5. The summed E-state index contributed by atoms with van der Waals surface area (Å²) < 4.78 is 10.7. The highest BCUT2D eigenvalue weighted by Crippen LogP contribution is 2.18. The van der Waals surface area contributed by atoms with Crippen LogP contribution in [0.1, 0.15) is 11.3 Å². The summed E-state index contributed by atoms with van der Waals surface area (Å²) in [5.41, 5.74) is 0.599. The number of anilines is 1. The predicted molar refractivity (Wildman–Crippen MR) is 92.0 cm³/mol. The number of pyridine rings is 1. The van der Waals surface area contributed by atoms with Crippen LogP contribution in [0.2, 0.25) is 0 Å². The monoisotopic (exact) mass is 342 g/mol. The zero-order valence-electron chi connectivity index (χ0n) is 14.0. The highest BCUT2D eigenvalue weighted by atomic mass is 16.5. The van der Waals surface area contributed by atoms with Crippen molar-refractivity contribution in [1.82, 2.24) is 9.88 Å². The van der Waals surface area contributed by atoms with Crippen molar-refractivity contribution in [1.29, 1.82) is 5.26 Å². The van der Waals surface area contributed by atoms with Gasteiger partial charge in [-0.3, -0.25) is 4.90 Å². The Bertz CT molecular complexity index is 691. The lowest BCUT2D eigenvalue weighted by Crippen LogP contribution is -2.49. The Morgan fingerprint density at radius 2 is 2.12 bits per heavy atom. The van der Waals surface area contributed by atoms with Crippen molar-refractivity contribution in [3.8, 4) is 6.07 Å². The first-order chi connectivity index (χ1) is 12.3. The Morgan fingerprint density at radius 3 is 2.84 bits per heavy atom. The van der Waals surface area contributed by atoms with E-state index in [2.05, 4.69) is 20.9 Å². The maximum Gasteiger partial charge on any atom is 0.146 e. The van der Waals surface area contributed by atoms with Gasteiger partial charge in [0.25, 0.3) is 0 Å². The minimum atomic E-state index is -0.536. The van der Waals surface area contributed by atoms with Crippen LogP contribution in [0.3, 0.4) is 0 Å². The van der Waals surface area contributed by atoms with Crippen molar-refractivity contribution >= 4 is 5.82 Å². The van der Waals surface area contributed by atoms with E-state index < -0.39 is 6.10 Å². The summed E-state index contributed by atoms with van der Waals surface area (Å²) in [5.74, 6) is 1.50. The molecule has 1 aliphatic rings. The van der Waals surface area contributed by atoms with E-state index in [0.29, 0.717) is 18.7 Å². The largest absolute Gasteiger partial charge is 0.467 e. The molecule has 2 aromatic rings. The van der Waals surface area contributed by atoms with Crippen LogP contribution in [0.5, 0.6) is 0 Å². The van der Waals surface area contributed by atoms with Crippen LogP contribution in [-0.2, 0) is 11.3 Å². The van der Waals surface area contributed by atoms with Crippen molar-refractivity contribution in [2.75, 3.05) is 44.2 Å². The van der Waals surface area contributed by atoms with E-state index in [0.717, 1.165) is 37.8 Å². The first-order valence-electron chi connectivity index (χ1n) is 8.37. The number of aliphatic hydroxyl groups is 1. The summed E-state index contributed by atoms with van der Waals surface area (Å²) in [5, 5.41) is 19.3. The van der Waals surface area contributed by atoms with E-state index in [4.69, 9.17) is 9.15 Å². The van der Waals surface area contributed by atoms with Crippen LogP contribution in [-0.4, -0.2) is 60.4 Å². The average molecular weight is 342 g/mol. The number of hydrogen-bond acceptors (Lipinski definition) is 7. The minimum absolute atomic E-state index is 0.278. The molecule has 3 heterocycles. The third-order valence-corrected chi connectivity index (χ3v) is 4.18. The van der Waals surface area contributed by atoms with Gasteiger partial charge in [-0.05, 0) is 24.3 Å². The lowest BCUT2D eigenvalue weighted by Gasteiger charge is -2.36. The number of nitriles is 1. The molecule has 0 aromatic carbocycles. The number of hydrogen-bond donors (Lipinski definition) is 1. The Labute approximate surface area is 147 Å². The van der Waals surface area contributed by atoms with Gasteiger partial charge < -0.3 is 19.2 Å². The van der Waals surface area contributed by atoms with Crippen LogP contribution in [0.25, 0.3) is 0 Å². The third kappa shape index (κ3) is 4.79. The van der Waals surface area contributed by atoms with Gasteiger partial charge in [-0.1, -0.05) is 0 Å². The van der Waals surface area contributed by atoms with E-state index in [1.54, 1.807) is 24.6 Å². The predicted octanol–water partition coefficient (Wildman–Crippen LogP) is 1.25. The van der Waals surface area contributed by atoms with Crippen molar-refractivity contribution < 1.29 is 14.3 Å². The molecular weight excluding hydrogens is 320 g/mol. The van der Waals surface area contributed by atoms with Crippen LogP contribution >= 0.6 is 0 Å². The molecule has 1 unspecified atom stereocenters. The number of nitrogens with zero attached hydrogens (tertiary/aromatic N) is 4. The molecule has 7 heteroatoms. The van der Waals surface area contributed by atoms with E-state index in [9.17, 15) is 10.4 Å². The standard InChI is InChI=1S/C18H22N4O3/c19-11-15-3-1-5-20-18(15)22-8-6-21(7-9-22)12-16(23)13-24-14-17-4-2-10-25-17/h1-5,10,16,23H,6-9,12-14H2. The lowest BCUT2D eigenvalue weighted by atomic mass is 10.2. The highest BCUT2D eigenvalue weighted by molar-refractivity contribution is 5.53. The van der Waals surface area contributed by atoms with Gasteiger partial charge >= 0.3 is 0 Å². The number of aliphatic hydroxyl groups excluding tert-OH is 1. The first-order valence-corrected chi connectivity index (χ1v) is 8.37. The van der Waals surface area contributed by atoms with Gasteiger partial charge in [0.05, 0.1) is 24.5 Å². The van der Waals surface area contributed by atoms with E-state index in [1.165, 1.54) is 0 Å². The van der Waals surface area contributed by atoms with Gasteiger partial charge in [0, 0.05) is 38.9 Å². The van der Waals surface area contributed by atoms with Crippen molar-refractivity contribution in [3.05, 3.63) is 48.0 Å². The van der Waals surface area contributed by atoms with Crippen LogP contribution in [0, 0.1) is 11.3 Å². The van der Waals surface area contributed by atoms with Crippen LogP contribution in [0.4, 0.5) is 5.82 Å². The molecule has 1 atom stereocenters. The van der Waals surface area contributed by atoms with Gasteiger partial charge in [-0.15, -0.1) is 0 Å². The maximum absolute atomic E-state index is 10.1. The number of ether oxygens (including phenoxy) is 1. The second-order valence-electron chi connectivity index (χ2n) is 6.02. The topological polar surface area (TPSA) is 85.8 Å². The Morgan fingerprint density at radius 1 is 1.28 bits per heavy atom. The number of β-amino-alcohol motifs (C(OH)–C–C–N with tert-alkyl or cyclic N) is 1. The smallest absolute Gasteiger partial charge is 0.146 e. The van der Waals surface area contributed by atoms with E-state index >= 15 is 0 Å². The molecule has 0 bridgehead atoms. The van der Waals surface area contributed by atoms with E-state index in [-0.39, 0.29) is 6.61 Å². The summed E-state index contributed by atoms with van der Waals surface area (Å²) in [4.78, 5) is 8.65. The van der Waals surface area contributed by atoms with Crippen molar-refractivity contribution in [3.63, 3.8) is 0 Å². The fourth-order valence-electron chi connectivity index (χ4n) is 2.92. The summed E-state index contributed by atoms with van der Waals surface area (Å²) in [7, 11) is 0. The van der Waals surface area contributed by atoms with Gasteiger partial charge in [0.15, 0.2) is 0 Å². The molecule has 0 saturated carbocycles. The normalized spacial score (nSPS) is 16.6. The quantitative estimate of drug-likeness (QED) is 0.810. The van der Waals surface area contributed by atoms with Crippen molar-refractivity contribution in [2.45, 2.75) is 12.7 Å². The summed E-state index contributed by atoms with van der Waals surface area (Å²) in [6.07, 6.45) is 2.78. The molecule has 0 amide bonds. The second-order valence-corrected chi connectivity index (χ2v) is 6.02. The highest BCUT2D eigenvalue weighted by Gasteiger charge is 2.21. The Hall–Kier alpha value is -2.40. The Balaban J connectivity index is 1.41. The Kier molecular flexibility index (Phi) is 6.01. The lowest BCUT2D eigenvalue weighted by molar-refractivity contribution is 0.00440. The fourth-order valence-corrected chi connectivity index (χ4v) is 2.92. The molecule has 1 fully saturated rings. The number of piperazine rings is 1. The number of furan rings is 1. The zero-order valence-corrected chi connectivity index (χ0v) is 14.0. The average Bonchev–Trinajstić information content (AvgIpc) is 3.16. The summed E-state index contributed by atoms with van der Waals surface area (Å²) in [6.45, 7) is 4.41. The van der Waals surface area contributed by atoms with Gasteiger partial charge in [0.1, 0.15) is 24.3 Å². The number of rotatable bonds is 7. The first kappa shape index (κ1) is 17.4. The second kappa shape index (κ2) is 8.62. The molecule has 25 heavy (non-hydrogen) atoms. The molecule has 3 rings (SSSR count). The van der Waals surface area contributed by atoms with Gasteiger partial charge in [-0.25, -0.2) is 4.98 Å². The van der Waals surface area contributed by atoms with Gasteiger partial charge in [0.2, 0.25) is 0 Å². The SMILES string of the molecule is N#Cc1cccnc1N1CCN(CC(O)COCc2ccco2)CC1. The molecule has 0 aliphatic carbocycles. The summed E-state index contributed by atoms with van der Waals surface area (Å²) in [6, 6.07) is 9.41. The molecule has 1 saturated heterocycles. The fraction of sp³-hybridized carbons (Fsp3) is 0.444. The maximum atomic E-state index is 10.1. The molecule has 132 valence electrons. The van der Waals surface area contributed by atoms with Crippen LogP contribution in [0.15, 0.2) is 41.1 Å². The molecule has 2 aromatic heterocycles. The van der Waals surface area contributed by atoms with Gasteiger partial charge in [-0.2, -0.15) is 5.26 Å². The molecule has 1 N–H and O–H groups in total. The molecule has 0 radical (unpaired) electrons. The molecule has 7 nitrogen and oxygen atoms in total. The third-order valence-electron chi connectivity index (χ3n) is 4.18. The molecule has 0 spiro atoms. The number of aromatic nitrogens is 1. The van der Waals surface area contributed by atoms with Crippen molar-refractivity contribution in [2.24, 2.45) is 0 Å². The van der Waals surface area contributed by atoms with E-state index in [1.807, 2.05) is 12.1 Å². The minimum Gasteiger partial charge on any atom is -0.467 e.